The first kappa shape index (κ1) is 14.6. The first-order valence-electron chi connectivity index (χ1n) is 5.64. The Morgan fingerprint density at radius 2 is 2.06 bits per heavy atom. The number of rotatable bonds is 5. The van der Waals surface area contributed by atoms with Gasteiger partial charge in [-0.25, -0.2) is 8.78 Å². The van der Waals surface area contributed by atoms with Crippen LogP contribution in [0.2, 0.25) is 0 Å². The monoisotopic (exact) mass is 257 g/mol. The van der Waals surface area contributed by atoms with Gasteiger partial charge < -0.3 is 10.1 Å². The van der Waals surface area contributed by atoms with Crippen molar-refractivity contribution < 1.29 is 18.3 Å². The first-order valence-corrected chi connectivity index (χ1v) is 5.64. The molecule has 1 aromatic carbocycles. The molecule has 18 heavy (non-hydrogen) atoms. The van der Waals surface area contributed by atoms with E-state index in [1.54, 1.807) is 13.8 Å². The van der Waals surface area contributed by atoms with Gasteiger partial charge >= 0.3 is 5.97 Å². The summed E-state index contributed by atoms with van der Waals surface area (Å²) in [6, 6.07) is 3.46. The summed E-state index contributed by atoms with van der Waals surface area (Å²) in [5.74, 6) is -1.56. The van der Waals surface area contributed by atoms with Crippen molar-refractivity contribution in [1.29, 1.82) is 0 Å². The minimum Gasteiger partial charge on any atom is -0.468 e. The average molecular weight is 257 g/mol. The van der Waals surface area contributed by atoms with Gasteiger partial charge in [0.05, 0.1) is 7.11 Å². The molecule has 0 atom stereocenters. The number of methoxy groups -OCH3 is 1. The highest BCUT2D eigenvalue weighted by Gasteiger charge is 2.27. The van der Waals surface area contributed by atoms with E-state index in [1.807, 2.05) is 0 Å². The summed E-state index contributed by atoms with van der Waals surface area (Å²) >= 11 is 0. The second-order valence-electron chi connectivity index (χ2n) is 4.53. The van der Waals surface area contributed by atoms with E-state index in [0.717, 1.165) is 6.07 Å². The van der Waals surface area contributed by atoms with E-state index in [1.165, 1.54) is 19.2 Å². The summed E-state index contributed by atoms with van der Waals surface area (Å²) in [6.07, 6.45) is 0.368. The second-order valence-corrected chi connectivity index (χ2v) is 4.53. The van der Waals surface area contributed by atoms with Crippen LogP contribution in [0.15, 0.2) is 18.2 Å². The molecule has 0 aliphatic heterocycles. The second kappa shape index (κ2) is 5.91. The Balaban J connectivity index is 2.54. The average Bonchev–Trinajstić information content (AvgIpc) is 2.30. The maximum absolute atomic E-state index is 13.3. The van der Waals surface area contributed by atoms with Crippen molar-refractivity contribution in [1.82, 2.24) is 5.32 Å². The zero-order chi connectivity index (χ0) is 13.8. The highest BCUT2D eigenvalue weighted by Crippen LogP contribution is 2.11. The number of carbonyl (C=O) groups excluding carboxylic acids is 1. The molecule has 0 aliphatic rings. The van der Waals surface area contributed by atoms with Crippen LogP contribution in [0.5, 0.6) is 0 Å². The molecule has 0 aromatic heterocycles. The molecule has 0 spiro atoms. The van der Waals surface area contributed by atoms with Crippen LogP contribution in [-0.2, 0) is 16.0 Å². The summed E-state index contributed by atoms with van der Waals surface area (Å²) in [6.45, 7) is 3.75. The quantitative estimate of drug-likeness (QED) is 0.820. The van der Waals surface area contributed by atoms with Crippen LogP contribution < -0.4 is 5.32 Å². The lowest BCUT2D eigenvalue weighted by molar-refractivity contribution is -0.147. The predicted molar refractivity (Wildman–Crippen MR) is 64.2 cm³/mol. The first-order chi connectivity index (χ1) is 8.36. The maximum Gasteiger partial charge on any atom is 0.325 e. The molecule has 0 aliphatic carbocycles. The van der Waals surface area contributed by atoms with Crippen LogP contribution in [0, 0.1) is 11.6 Å². The van der Waals surface area contributed by atoms with Crippen molar-refractivity contribution in [2.75, 3.05) is 13.7 Å². The van der Waals surface area contributed by atoms with Gasteiger partial charge in [-0.2, -0.15) is 0 Å². The maximum atomic E-state index is 13.3. The molecule has 5 heteroatoms. The fourth-order valence-corrected chi connectivity index (χ4v) is 1.56. The zero-order valence-corrected chi connectivity index (χ0v) is 10.7. The summed E-state index contributed by atoms with van der Waals surface area (Å²) in [4.78, 5) is 11.4. The summed E-state index contributed by atoms with van der Waals surface area (Å²) < 4.78 is 30.7. The third-order valence-electron chi connectivity index (χ3n) is 2.67. The van der Waals surface area contributed by atoms with E-state index in [2.05, 4.69) is 10.1 Å². The van der Waals surface area contributed by atoms with Crippen LogP contribution in [-0.4, -0.2) is 25.2 Å². The molecule has 0 saturated heterocycles. The number of ether oxygens (including phenoxy) is 1. The van der Waals surface area contributed by atoms with Crippen molar-refractivity contribution in [2.45, 2.75) is 25.8 Å². The van der Waals surface area contributed by atoms with Gasteiger partial charge in [-0.15, -0.1) is 0 Å². The van der Waals surface area contributed by atoms with Crippen molar-refractivity contribution in [3.63, 3.8) is 0 Å². The molecule has 0 unspecified atom stereocenters. The van der Waals surface area contributed by atoms with Gasteiger partial charge in [-0.1, -0.05) is 6.07 Å². The van der Waals surface area contributed by atoms with Crippen LogP contribution in [0.4, 0.5) is 8.78 Å². The minimum absolute atomic E-state index is 0.368. The van der Waals surface area contributed by atoms with E-state index in [0.29, 0.717) is 18.5 Å². The normalized spacial score (nSPS) is 11.4. The smallest absolute Gasteiger partial charge is 0.325 e. The highest BCUT2D eigenvalue weighted by molar-refractivity contribution is 5.79. The summed E-state index contributed by atoms with van der Waals surface area (Å²) in [7, 11) is 1.31. The van der Waals surface area contributed by atoms with Crippen LogP contribution in [0.1, 0.15) is 19.4 Å². The Kier molecular flexibility index (Phi) is 4.78. The molecule has 0 saturated carbocycles. The Morgan fingerprint density at radius 3 is 2.61 bits per heavy atom. The number of benzene rings is 1. The number of halogens is 2. The van der Waals surface area contributed by atoms with E-state index < -0.39 is 17.2 Å². The Labute approximate surface area is 105 Å². The topological polar surface area (TPSA) is 38.3 Å². The van der Waals surface area contributed by atoms with E-state index in [4.69, 9.17) is 0 Å². The number of hydrogen-bond donors (Lipinski definition) is 1. The molecule has 0 heterocycles. The van der Waals surface area contributed by atoms with Gasteiger partial charge in [0.25, 0.3) is 0 Å². The lowest BCUT2D eigenvalue weighted by Gasteiger charge is -2.23. The zero-order valence-electron chi connectivity index (χ0n) is 10.7. The molecule has 0 radical (unpaired) electrons. The molecule has 0 bridgehead atoms. The molecular formula is C13H17F2NO2. The van der Waals surface area contributed by atoms with E-state index in [9.17, 15) is 13.6 Å². The Bertz CT molecular complexity index is 433. The molecule has 1 rings (SSSR count). The van der Waals surface area contributed by atoms with Crippen LogP contribution in [0.3, 0.4) is 0 Å². The standard InChI is InChI=1S/C13H17F2NO2/c1-13(2,12(17)18-3)16-7-6-9-4-5-10(14)8-11(9)15/h4-5,8,16H,6-7H2,1-3H3. The van der Waals surface area contributed by atoms with Crippen molar-refractivity contribution in [3.8, 4) is 0 Å². The number of esters is 1. The van der Waals surface area contributed by atoms with Crippen LogP contribution in [0.25, 0.3) is 0 Å². The van der Waals surface area contributed by atoms with Gasteiger partial charge in [0, 0.05) is 12.6 Å². The lowest BCUT2D eigenvalue weighted by atomic mass is 10.1. The molecule has 100 valence electrons. The molecule has 0 amide bonds. The summed E-state index contributed by atoms with van der Waals surface area (Å²) in [5, 5.41) is 2.97. The van der Waals surface area contributed by atoms with Crippen molar-refractivity contribution in [3.05, 3.63) is 35.4 Å². The third-order valence-corrected chi connectivity index (χ3v) is 2.67. The Morgan fingerprint density at radius 1 is 1.39 bits per heavy atom. The van der Waals surface area contributed by atoms with Gasteiger partial charge in [0.1, 0.15) is 17.2 Å². The fourth-order valence-electron chi connectivity index (χ4n) is 1.56. The number of nitrogens with one attached hydrogen (secondary N) is 1. The van der Waals surface area contributed by atoms with Gasteiger partial charge in [-0.3, -0.25) is 4.79 Å². The largest absolute Gasteiger partial charge is 0.468 e. The van der Waals surface area contributed by atoms with Gasteiger partial charge in [-0.05, 0) is 31.9 Å². The molecule has 0 fully saturated rings. The molecule has 1 N–H and O–H groups in total. The third kappa shape index (κ3) is 3.77. The number of hydrogen-bond acceptors (Lipinski definition) is 3. The summed E-state index contributed by atoms with van der Waals surface area (Å²) in [5.41, 5.74) is -0.421. The minimum atomic E-state index is -0.828. The Hall–Kier alpha value is -1.49. The van der Waals surface area contributed by atoms with E-state index in [-0.39, 0.29) is 5.97 Å². The van der Waals surface area contributed by atoms with Crippen molar-refractivity contribution >= 4 is 5.97 Å². The lowest BCUT2D eigenvalue weighted by Crippen LogP contribution is -2.48. The fraction of sp³-hybridized carbons (Fsp3) is 0.462. The SMILES string of the molecule is COC(=O)C(C)(C)NCCc1ccc(F)cc1F. The van der Waals surface area contributed by atoms with E-state index >= 15 is 0 Å². The van der Waals surface area contributed by atoms with Gasteiger partial charge in [0.2, 0.25) is 0 Å². The van der Waals surface area contributed by atoms with Gasteiger partial charge in [0.15, 0.2) is 0 Å². The number of carbonyl (C=O) groups is 1. The molecule has 1 aromatic rings. The molecule has 3 nitrogen and oxygen atoms in total. The highest BCUT2D eigenvalue weighted by atomic mass is 19.1. The van der Waals surface area contributed by atoms with Crippen LogP contribution >= 0.6 is 0 Å². The molecular weight excluding hydrogens is 240 g/mol. The predicted octanol–water partition coefficient (Wildman–Crippen LogP) is 2.05. The van der Waals surface area contributed by atoms with Crippen molar-refractivity contribution in [2.24, 2.45) is 0 Å².